The van der Waals surface area contributed by atoms with Crippen molar-refractivity contribution >= 4 is 28.2 Å². The highest BCUT2D eigenvalue weighted by Gasteiger charge is 2.18. The van der Waals surface area contributed by atoms with E-state index in [1.807, 2.05) is 48.5 Å². The molecule has 0 spiro atoms. The summed E-state index contributed by atoms with van der Waals surface area (Å²) in [5, 5.41) is 3.21. The van der Waals surface area contributed by atoms with Gasteiger partial charge in [-0.15, -0.1) is 0 Å². The smallest absolute Gasteiger partial charge is 0.230 e. The summed E-state index contributed by atoms with van der Waals surface area (Å²) in [7, 11) is 0. The van der Waals surface area contributed by atoms with Gasteiger partial charge in [-0.1, -0.05) is 47.7 Å². The lowest BCUT2D eigenvalue weighted by Crippen LogP contribution is -2.17. The minimum atomic E-state index is -0.208. The van der Waals surface area contributed by atoms with Crippen LogP contribution in [0.1, 0.15) is 22.2 Å². The number of aromatic nitrogens is 1. The normalized spacial score (nSPS) is 12.5. The fourth-order valence-electron chi connectivity index (χ4n) is 2.95. The van der Waals surface area contributed by atoms with E-state index < -0.39 is 0 Å². The Morgan fingerprint density at radius 3 is 2.57 bits per heavy atom. The van der Waals surface area contributed by atoms with Crippen molar-refractivity contribution in [3.05, 3.63) is 59.0 Å². The molecule has 0 unspecified atom stereocenters. The van der Waals surface area contributed by atoms with Crippen molar-refractivity contribution in [2.24, 2.45) is 0 Å². The van der Waals surface area contributed by atoms with E-state index in [0.29, 0.717) is 40.4 Å². The van der Waals surface area contributed by atoms with Gasteiger partial charge >= 0.3 is 0 Å². The Balaban J connectivity index is 1.51. The van der Waals surface area contributed by atoms with Gasteiger partial charge in [-0.2, -0.15) is 0 Å². The largest absolute Gasteiger partial charge is 0.486 e. The predicted molar refractivity (Wildman–Crippen MR) is 107 cm³/mol. The van der Waals surface area contributed by atoms with Crippen LogP contribution in [0.4, 0.5) is 5.13 Å². The minimum absolute atomic E-state index is 0.0799. The standard InChI is InChI=1S/C21H18N2O4S/c1-13(24)20-19(15-5-3-2-4-6-15)23-21(28-20)22-18(25)12-14-7-8-16-17(11-14)27-10-9-26-16/h2-8,11H,9-10,12H2,1H3,(H,22,23,25). The van der Waals surface area contributed by atoms with Crippen molar-refractivity contribution in [3.8, 4) is 22.8 Å². The molecule has 1 amide bonds. The number of Topliss-reactive ketones (excluding diaryl/α,β-unsaturated/α-hetero) is 1. The van der Waals surface area contributed by atoms with E-state index in [4.69, 9.17) is 9.47 Å². The van der Waals surface area contributed by atoms with Crippen LogP contribution in [0.15, 0.2) is 48.5 Å². The van der Waals surface area contributed by atoms with Crippen LogP contribution in [0.5, 0.6) is 11.5 Å². The number of nitrogens with one attached hydrogen (secondary N) is 1. The second-order valence-corrected chi connectivity index (χ2v) is 7.32. The lowest BCUT2D eigenvalue weighted by atomic mass is 10.1. The summed E-state index contributed by atoms with van der Waals surface area (Å²) >= 11 is 1.19. The highest BCUT2D eigenvalue weighted by atomic mass is 32.1. The number of fused-ring (bicyclic) bond motifs is 1. The van der Waals surface area contributed by atoms with Crippen LogP contribution in [0, 0.1) is 0 Å². The van der Waals surface area contributed by atoms with Gasteiger partial charge < -0.3 is 14.8 Å². The van der Waals surface area contributed by atoms with Crippen LogP contribution in [-0.2, 0) is 11.2 Å². The fourth-order valence-corrected chi connectivity index (χ4v) is 3.85. The van der Waals surface area contributed by atoms with E-state index in [9.17, 15) is 9.59 Å². The number of anilines is 1. The number of ether oxygens (including phenoxy) is 2. The van der Waals surface area contributed by atoms with Gasteiger partial charge in [0, 0.05) is 12.5 Å². The van der Waals surface area contributed by atoms with Gasteiger partial charge in [-0.25, -0.2) is 4.98 Å². The topological polar surface area (TPSA) is 77.5 Å². The Kier molecular flexibility index (Phi) is 5.08. The summed E-state index contributed by atoms with van der Waals surface area (Å²) in [5.41, 5.74) is 2.25. The van der Waals surface area contributed by atoms with Crippen LogP contribution in [0.25, 0.3) is 11.3 Å². The van der Waals surface area contributed by atoms with Gasteiger partial charge in [0.25, 0.3) is 0 Å². The third-order valence-electron chi connectivity index (χ3n) is 4.21. The van der Waals surface area contributed by atoms with Gasteiger partial charge in [0.1, 0.15) is 13.2 Å². The minimum Gasteiger partial charge on any atom is -0.486 e. The lowest BCUT2D eigenvalue weighted by Gasteiger charge is -2.18. The summed E-state index contributed by atoms with van der Waals surface area (Å²) in [4.78, 5) is 29.5. The molecule has 6 nitrogen and oxygen atoms in total. The zero-order chi connectivity index (χ0) is 19.5. The molecule has 0 fully saturated rings. The van der Waals surface area contributed by atoms with Gasteiger partial charge in [0.2, 0.25) is 5.91 Å². The van der Waals surface area contributed by atoms with E-state index in [1.165, 1.54) is 18.3 Å². The SMILES string of the molecule is CC(=O)c1sc(NC(=O)Cc2ccc3c(c2)OCCO3)nc1-c1ccccc1. The maximum absolute atomic E-state index is 12.5. The molecule has 1 N–H and O–H groups in total. The first kappa shape index (κ1) is 18.2. The van der Waals surface area contributed by atoms with E-state index in [0.717, 1.165) is 11.1 Å². The van der Waals surface area contributed by atoms with Crippen LogP contribution in [0.2, 0.25) is 0 Å². The van der Waals surface area contributed by atoms with Crippen LogP contribution < -0.4 is 14.8 Å². The van der Waals surface area contributed by atoms with Crippen molar-refractivity contribution in [3.63, 3.8) is 0 Å². The Labute approximate surface area is 166 Å². The summed E-state index contributed by atoms with van der Waals surface area (Å²) < 4.78 is 11.0. The average molecular weight is 394 g/mol. The molecule has 3 aromatic rings. The molecule has 1 aliphatic heterocycles. The second kappa shape index (κ2) is 7.82. The molecule has 2 aromatic carbocycles. The Morgan fingerprint density at radius 2 is 1.82 bits per heavy atom. The molecule has 0 radical (unpaired) electrons. The number of benzene rings is 2. The Morgan fingerprint density at radius 1 is 1.07 bits per heavy atom. The predicted octanol–water partition coefficient (Wildman–Crippen LogP) is 3.97. The molecule has 0 saturated heterocycles. The lowest BCUT2D eigenvalue weighted by molar-refractivity contribution is -0.115. The number of hydrogen-bond acceptors (Lipinski definition) is 6. The van der Waals surface area contributed by atoms with Crippen molar-refractivity contribution < 1.29 is 19.1 Å². The molecule has 1 aromatic heterocycles. The Hall–Kier alpha value is -3.19. The molecule has 1 aliphatic rings. The number of amides is 1. The van der Waals surface area contributed by atoms with Crippen molar-refractivity contribution in [1.29, 1.82) is 0 Å². The van der Waals surface area contributed by atoms with E-state index >= 15 is 0 Å². The van der Waals surface area contributed by atoms with E-state index in [1.54, 1.807) is 0 Å². The molecule has 142 valence electrons. The molecular formula is C21H18N2O4S. The van der Waals surface area contributed by atoms with Crippen molar-refractivity contribution in [1.82, 2.24) is 4.98 Å². The van der Waals surface area contributed by atoms with Crippen LogP contribution >= 0.6 is 11.3 Å². The quantitative estimate of drug-likeness (QED) is 0.663. The highest BCUT2D eigenvalue weighted by molar-refractivity contribution is 7.18. The second-order valence-electron chi connectivity index (χ2n) is 6.32. The maximum atomic E-state index is 12.5. The zero-order valence-electron chi connectivity index (χ0n) is 15.2. The third-order valence-corrected chi connectivity index (χ3v) is 5.28. The molecule has 7 heteroatoms. The molecule has 0 saturated carbocycles. The third kappa shape index (κ3) is 3.89. The number of nitrogens with zero attached hydrogens (tertiary/aromatic N) is 1. The van der Waals surface area contributed by atoms with Gasteiger partial charge in [0.15, 0.2) is 22.4 Å². The molecular weight excluding hydrogens is 376 g/mol. The van der Waals surface area contributed by atoms with Crippen LogP contribution in [0.3, 0.4) is 0 Å². The van der Waals surface area contributed by atoms with Gasteiger partial charge in [-0.3, -0.25) is 9.59 Å². The van der Waals surface area contributed by atoms with Crippen LogP contribution in [-0.4, -0.2) is 29.9 Å². The number of carbonyl (C=O) groups is 2. The molecule has 0 aliphatic carbocycles. The molecule has 0 atom stereocenters. The molecule has 2 heterocycles. The van der Waals surface area contributed by atoms with Crippen molar-refractivity contribution in [2.45, 2.75) is 13.3 Å². The van der Waals surface area contributed by atoms with Gasteiger partial charge in [-0.05, 0) is 17.7 Å². The zero-order valence-corrected chi connectivity index (χ0v) is 16.0. The fraction of sp³-hybridized carbons (Fsp3) is 0.190. The first-order valence-electron chi connectivity index (χ1n) is 8.86. The number of hydrogen-bond donors (Lipinski definition) is 1. The highest BCUT2D eigenvalue weighted by Crippen LogP contribution is 2.33. The number of thiazole rings is 1. The number of carbonyl (C=O) groups excluding carboxylic acids is 2. The van der Waals surface area contributed by atoms with Crippen molar-refractivity contribution in [2.75, 3.05) is 18.5 Å². The molecule has 0 bridgehead atoms. The summed E-state index contributed by atoms with van der Waals surface area (Å²) in [5.74, 6) is 1.05. The van der Waals surface area contributed by atoms with Gasteiger partial charge in [0.05, 0.1) is 17.0 Å². The first-order chi connectivity index (χ1) is 13.6. The summed E-state index contributed by atoms with van der Waals surface area (Å²) in [6.07, 6.45) is 0.173. The van der Waals surface area contributed by atoms with E-state index in [2.05, 4.69) is 10.3 Å². The summed E-state index contributed by atoms with van der Waals surface area (Å²) in [6, 6.07) is 14.9. The maximum Gasteiger partial charge on any atom is 0.230 e. The first-order valence-corrected chi connectivity index (χ1v) is 9.67. The Bertz CT molecular complexity index is 1030. The number of ketones is 1. The molecule has 4 rings (SSSR count). The monoisotopic (exact) mass is 394 g/mol. The average Bonchev–Trinajstić information content (AvgIpc) is 3.12. The molecule has 28 heavy (non-hydrogen) atoms. The van der Waals surface area contributed by atoms with E-state index in [-0.39, 0.29) is 18.1 Å². The summed E-state index contributed by atoms with van der Waals surface area (Å²) in [6.45, 7) is 2.53. The number of rotatable bonds is 5.